The Labute approximate surface area is 178 Å². The minimum atomic E-state index is -4.42. The van der Waals surface area contributed by atoms with E-state index in [0.717, 1.165) is 35.7 Å². The highest BCUT2D eigenvalue weighted by Crippen LogP contribution is 2.28. The van der Waals surface area contributed by atoms with Crippen molar-refractivity contribution in [2.24, 2.45) is 5.14 Å². The van der Waals surface area contributed by atoms with Crippen LogP contribution in [0.3, 0.4) is 0 Å². The maximum atomic E-state index is 14.0. The summed E-state index contributed by atoms with van der Waals surface area (Å²) >= 11 is 0. The maximum absolute atomic E-state index is 14.0. The van der Waals surface area contributed by atoms with Gasteiger partial charge in [0.1, 0.15) is 11.6 Å². The third-order valence-electron chi connectivity index (χ3n) is 4.80. The van der Waals surface area contributed by atoms with Gasteiger partial charge >= 0.3 is 5.97 Å². The van der Waals surface area contributed by atoms with E-state index >= 15 is 0 Å². The van der Waals surface area contributed by atoms with Crippen LogP contribution in [-0.2, 0) is 24.8 Å². The van der Waals surface area contributed by atoms with Gasteiger partial charge in [-0.15, -0.1) is 0 Å². The lowest BCUT2D eigenvalue weighted by Gasteiger charge is -2.36. The van der Waals surface area contributed by atoms with Crippen LogP contribution < -0.4 is 10.0 Å². The number of primary sulfonamides is 1. The molecule has 1 fully saturated rings. The third-order valence-corrected chi connectivity index (χ3v) is 7.66. The van der Waals surface area contributed by atoms with Crippen molar-refractivity contribution >= 4 is 31.7 Å². The number of hydrogen-bond acceptors (Lipinski definition) is 7. The quantitative estimate of drug-likeness (QED) is 0.637. The molecule has 3 rings (SSSR count). The standard InChI is InChI=1S/C18H19F2N3O6S2/c1-29-18(24)13-11-12(30(21,25)26)5-6-16(13)22-7-9-23(10-8-22)31(27,28)17-14(19)3-2-4-15(17)20/h2-6,11H,7-10H2,1H3,(H2,21,25,26). The van der Waals surface area contributed by atoms with Gasteiger partial charge in [-0.2, -0.15) is 4.31 Å². The van der Waals surface area contributed by atoms with Gasteiger partial charge in [-0.1, -0.05) is 6.07 Å². The van der Waals surface area contributed by atoms with Crippen LogP contribution in [0.2, 0.25) is 0 Å². The Hall–Kier alpha value is -2.61. The van der Waals surface area contributed by atoms with E-state index in [1.54, 1.807) is 4.90 Å². The van der Waals surface area contributed by atoms with Crippen molar-refractivity contribution in [2.45, 2.75) is 9.79 Å². The first kappa shape index (κ1) is 23.1. The molecule has 1 saturated heterocycles. The average Bonchev–Trinajstić information content (AvgIpc) is 2.72. The summed E-state index contributed by atoms with van der Waals surface area (Å²) in [6.45, 7) is -0.0800. The van der Waals surface area contributed by atoms with Gasteiger partial charge in [-0.25, -0.2) is 35.5 Å². The summed E-state index contributed by atoms with van der Waals surface area (Å²) in [4.78, 5) is 12.5. The molecule has 0 radical (unpaired) electrons. The molecule has 0 amide bonds. The van der Waals surface area contributed by atoms with Crippen molar-refractivity contribution in [2.75, 3.05) is 38.2 Å². The number of nitrogens with zero attached hydrogens (tertiary/aromatic N) is 2. The zero-order valence-electron chi connectivity index (χ0n) is 16.3. The molecule has 9 nitrogen and oxygen atoms in total. The fourth-order valence-corrected chi connectivity index (χ4v) is 5.34. The van der Waals surface area contributed by atoms with Crippen LogP contribution in [0.15, 0.2) is 46.2 Å². The number of anilines is 1. The van der Waals surface area contributed by atoms with Crippen molar-refractivity contribution in [3.05, 3.63) is 53.6 Å². The molecule has 1 heterocycles. The Morgan fingerprint density at radius 1 is 1.00 bits per heavy atom. The second-order valence-corrected chi connectivity index (χ2v) is 10.1. The predicted octanol–water partition coefficient (Wildman–Crippen LogP) is 0.910. The average molecular weight is 475 g/mol. The maximum Gasteiger partial charge on any atom is 0.340 e. The van der Waals surface area contributed by atoms with Gasteiger partial charge in [0.15, 0.2) is 4.90 Å². The lowest BCUT2D eigenvalue weighted by Crippen LogP contribution is -2.49. The molecular formula is C18H19F2N3O6S2. The van der Waals surface area contributed by atoms with Crippen LogP contribution in [0.25, 0.3) is 0 Å². The normalized spacial score (nSPS) is 15.7. The van der Waals surface area contributed by atoms with E-state index in [9.17, 15) is 30.4 Å². The Morgan fingerprint density at radius 2 is 1.58 bits per heavy atom. The summed E-state index contributed by atoms with van der Waals surface area (Å²) < 4.78 is 82.3. The zero-order chi connectivity index (χ0) is 23.0. The van der Waals surface area contributed by atoms with E-state index in [0.29, 0.717) is 5.69 Å². The first-order valence-electron chi connectivity index (χ1n) is 8.91. The van der Waals surface area contributed by atoms with Crippen LogP contribution >= 0.6 is 0 Å². The number of methoxy groups -OCH3 is 1. The number of carbonyl (C=O) groups excluding carboxylic acids is 1. The molecule has 0 aromatic heterocycles. The van der Waals surface area contributed by atoms with Crippen LogP contribution in [0.1, 0.15) is 10.4 Å². The molecule has 0 atom stereocenters. The molecule has 0 spiro atoms. The second-order valence-electron chi connectivity index (χ2n) is 6.66. The number of rotatable bonds is 5. The van der Waals surface area contributed by atoms with E-state index in [-0.39, 0.29) is 36.6 Å². The fourth-order valence-electron chi connectivity index (χ4n) is 3.27. The largest absolute Gasteiger partial charge is 0.465 e. The van der Waals surface area contributed by atoms with Gasteiger partial charge in [0.2, 0.25) is 20.0 Å². The topological polar surface area (TPSA) is 127 Å². The summed E-state index contributed by atoms with van der Waals surface area (Å²) in [5.74, 6) is -3.17. The van der Waals surface area contributed by atoms with Crippen LogP contribution in [0.5, 0.6) is 0 Å². The minimum absolute atomic E-state index is 0.0644. The summed E-state index contributed by atoms with van der Waals surface area (Å²) in [5.41, 5.74) is 0.249. The summed E-state index contributed by atoms with van der Waals surface area (Å²) in [7, 11) is -7.36. The number of nitrogens with two attached hydrogens (primary N) is 1. The molecule has 0 aliphatic carbocycles. The number of carbonyl (C=O) groups is 1. The summed E-state index contributed by atoms with van der Waals surface area (Å²) in [5, 5.41) is 5.11. The Morgan fingerprint density at radius 3 is 2.10 bits per heavy atom. The lowest BCUT2D eigenvalue weighted by molar-refractivity contribution is 0.0601. The highest BCUT2D eigenvalue weighted by Gasteiger charge is 2.34. The number of esters is 1. The smallest absolute Gasteiger partial charge is 0.340 e. The van der Waals surface area contributed by atoms with E-state index in [1.807, 2.05) is 0 Å². The van der Waals surface area contributed by atoms with Crippen molar-refractivity contribution in [1.29, 1.82) is 0 Å². The highest BCUT2D eigenvalue weighted by molar-refractivity contribution is 7.89. The van der Waals surface area contributed by atoms with Crippen LogP contribution in [0.4, 0.5) is 14.5 Å². The number of halogens is 2. The fraction of sp³-hybridized carbons (Fsp3) is 0.278. The molecule has 2 aromatic carbocycles. The minimum Gasteiger partial charge on any atom is -0.465 e. The molecule has 13 heteroatoms. The van der Waals surface area contributed by atoms with Crippen molar-refractivity contribution in [1.82, 2.24) is 4.31 Å². The molecule has 31 heavy (non-hydrogen) atoms. The van der Waals surface area contributed by atoms with Gasteiger partial charge in [0.25, 0.3) is 0 Å². The Kier molecular flexibility index (Phi) is 6.32. The lowest BCUT2D eigenvalue weighted by atomic mass is 10.1. The Balaban J connectivity index is 1.88. The molecule has 2 aromatic rings. The van der Waals surface area contributed by atoms with Gasteiger partial charge in [0, 0.05) is 26.2 Å². The first-order chi connectivity index (χ1) is 14.5. The Bertz CT molecular complexity index is 1210. The SMILES string of the molecule is COC(=O)c1cc(S(N)(=O)=O)ccc1N1CCN(S(=O)(=O)c2c(F)cccc2F)CC1. The second kappa shape index (κ2) is 8.49. The van der Waals surface area contributed by atoms with E-state index < -0.39 is 42.5 Å². The molecule has 1 aliphatic rings. The monoisotopic (exact) mass is 475 g/mol. The predicted molar refractivity (Wildman–Crippen MR) is 106 cm³/mol. The highest BCUT2D eigenvalue weighted by atomic mass is 32.2. The third kappa shape index (κ3) is 4.54. The molecule has 1 aliphatic heterocycles. The molecule has 168 valence electrons. The van der Waals surface area contributed by atoms with E-state index in [2.05, 4.69) is 0 Å². The molecule has 0 unspecified atom stereocenters. The molecular weight excluding hydrogens is 456 g/mol. The van der Waals surface area contributed by atoms with Crippen molar-refractivity contribution in [3.63, 3.8) is 0 Å². The summed E-state index contributed by atoms with van der Waals surface area (Å²) in [6.07, 6.45) is 0. The molecule has 2 N–H and O–H groups in total. The molecule has 0 saturated carbocycles. The first-order valence-corrected chi connectivity index (χ1v) is 11.9. The van der Waals surface area contributed by atoms with E-state index in [4.69, 9.17) is 9.88 Å². The number of benzene rings is 2. The number of hydrogen-bond donors (Lipinski definition) is 1. The van der Waals surface area contributed by atoms with Gasteiger partial charge < -0.3 is 9.64 Å². The van der Waals surface area contributed by atoms with Crippen molar-refractivity contribution < 1.29 is 35.1 Å². The summed E-state index contributed by atoms with van der Waals surface area (Å²) in [6, 6.07) is 6.46. The van der Waals surface area contributed by atoms with Gasteiger partial charge in [-0.3, -0.25) is 0 Å². The number of sulfonamides is 2. The van der Waals surface area contributed by atoms with Gasteiger partial charge in [0.05, 0.1) is 23.3 Å². The zero-order valence-corrected chi connectivity index (χ0v) is 17.9. The van der Waals surface area contributed by atoms with Crippen LogP contribution in [-0.4, -0.2) is 60.4 Å². The van der Waals surface area contributed by atoms with Crippen LogP contribution in [0, 0.1) is 11.6 Å². The number of ether oxygens (including phenoxy) is 1. The molecule has 0 bridgehead atoms. The number of piperazine rings is 1. The van der Waals surface area contributed by atoms with Gasteiger partial charge in [-0.05, 0) is 30.3 Å². The van der Waals surface area contributed by atoms with E-state index in [1.165, 1.54) is 12.1 Å². The van der Waals surface area contributed by atoms with Crippen molar-refractivity contribution in [3.8, 4) is 0 Å².